The highest BCUT2D eigenvalue weighted by Crippen LogP contribution is 2.37. The molecule has 25 heavy (non-hydrogen) atoms. The van der Waals surface area contributed by atoms with Crippen LogP contribution >= 0.6 is 0 Å². The van der Waals surface area contributed by atoms with Gasteiger partial charge in [-0.15, -0.1) is 13.2 Å². The third-order valence-corrected chi connectivity index (χ3v) is 4.86. The summed E-state index contributed by atoms with van der Waals surface area (Å²) in [6.07, 6.45) is 15.5. The Morgan fingerprint density at radius 2 is 1.28 bits per heavy atom. The molecule has 4 rings (SSSR count). The standard InChI is InChI=1S/C21H24O4/c1-3-5-14-7-9-16-18(11-14)24-20(22-16)13-21-23-17-10-8-15(6-4-2)12-19(17)25-21/h3-4,7-10,18-21H,1-2,5-6,11-13H2. The molecule has 4 unspecified atom stereocenters. The van der Waals surface area contributed by atoms with E-state index >= 15 is 0 Å². The van der Waals surface area contributed by atoms with E-state index in [9.17, 15) is 0 Å². The molecule has 4 nitrogen and oxygen atoms in total. The van der Waals surface area contributed by atoms with Crippen molar-refractivity contribution in [2.75, 3.05) is 0 Å². The maximum Gasteiger partial charge on any atom is 0.206 e. The highest BCUT2D eigenvalue weighted by atomic mass is 16.8. The Bertz CT molecular complexity index is 624. The molecule has 0 aromatic heterocycles. The average molecular weight is 340 g/mol. The van der Waals surface area contributed by atoms with Gasteiger partial charge in [0.15, 0.2) is 0 Å². The zero-order valence-corrected chi connectivity index (χ0v) is 14.4. The summed E-state index contributed by atoms with van der Waals surface area (Å²) in [6, 6.07) is 0. The van der Waals surface area contributed by atoms with E-state index in [2.05, 4.69) is 25.3 Å². The van der Waals surface area contributed by atoms with Crippen LogP contribution < -0.4 is 0 Å². The second-order valence-corrected chi connectivity index (χ2v) is 6.76. The van der Waals surface area contributed by atoms with Gasteiger partial charge < -0.3 is 18.9 Å². The molecular weight excluding hydrogens is 316 g/mol. The van der Waals surface area contributed by atoms with Crippen LogP contribution in [0.5, 0.6) is 0 Å². The molecule has 4 heteroatoms. The lowest BCUT2D eigenvalue weighted by molar-refractivity contribution is -0.132. The van der Waals surface area contributed by atoms with Crippen molar-refractivity contribution in [2.24, 2.45) is 0 Å². The van der Waals surface area contributed by atoms with E-state index in [-0.39, 0.29) is 24.8 Å². The second kappa shape index (κ2) is 7.06. The first-order valence-electron chi connectivity index (χ1n) is 8.90. The van der Waals surface area contributed by atoms with Crippen LogP contribution in [0, 0.1) is 0 Å². The van der Waals surface area contributed by atoms with E-state index in [1.165, 1.54) is 11.1 Å². The van der Waals surface area contributed by atoms with E-state index in [1.807, 2.05) is 24.3 Å². The maximum absolute atomic E-state index is 6.05. The highest BCUT2D eigenvalue weighted by Gasteiger charge is 2.40. The Morgan fingerprint density at radius 1 is 0.800 bits per heavy atom. The second-order valence-electron chi connectivity index (χ2n) is 6.76. The smallest absolute Gasteiger partial charge is 0.206 e. The number of rotatable bonds is 6. The van der Waals surface area contributed by atoms with Crippen LogP contribution in [0.2, 0.25) is 0 Å². The molecule has 0 aromatic carbocycles. The largest absolute Gasteiger partial charge is 0.466 e. The van der Waals surface area contributed by atoms with Gasteiger partial charge in [0.2, 0.25) is 12.6 Å². The average Bonchev–Trinajstić information content (AvgIpc) is 3.17. The molecule has 4 aliphatic rings. The van der Waals surface area contributed by atoms with E-state index < -0.39 is 0 Å². The Morgan fingerprint density at radius 3 is 1.72 bits per heavy atom. The molecule has 2 aliphatic carbocycles. The first-order chi connectivity index (χ1) is 12.2. The van der Waals surface area contributed by atoms with Gasteiger partial charge in [0, 0.05) is 12.8 Å². The van der Waals surface area contributed by atoms with Crippen LogP contribution in [0.4, 0.5) is 0 Å². The summed E-state index contributed by atoms with van der Waals surface area (Å²) >= 11 is 0. The highest BCUT2D eigenvalue weighted by molar-refractivity contribution is 5.28. The van der Waals surface area contributed by atoms with Gasteiger partial charge >= 0.3 is 0 Å². The molecule has 132 valence electrons. The third kappa shape index (κ3) is 3.51. The number of ether oxygens (including phenoxy) is 4. The molecule has 0 amide bonds. The molecule has 2 saturated heterocycles. The lowest BCUT2D eigenvalue weighted by Crippen LogP contribution is -2.21. The Labute approximate surface area is 148 Å². The lowest BCUT2D eigenvalue weighted by Gasteiger charge is -2.15. The number of hydrogen-bond acceptors (Lipinski definition) is 4. The van der Waals surface area contributed by atoms with Crippen LogP contribution in [-0.4, -0.2) is 24.8 Å². The van der Waals surface area contributed by atoms with Gasteiger partial charge in [0.25, 0.3) is 0 Å². The van der Waals surface area contributed by atoms with Crippen molar-refractivity contribution in [2.45, 2.75) is 56.9 Å². The predicted octanol–water partition coefficient (Wildman–Crippen LogP) is 4.44. The van der Waals surface area contributed by atoms with Gasteiger partial charge in [0.05, 0.1) is 6.42 Å². The Hall–Kier alpha value is -2.04. The minimum Gasteiger partial charge on any atom is -0.466 e. The summed E-state index contributed by atoms with van der Waals surface area (Å²) in [5, 5.41) is 0. The van der Waals surface area contributed by atoms with Gasteiger partial charge in [-0.2, -0.15) is 0 Å². The van der Waals surface area contributed by atoms with Gasteiger partial charge in [-0.05, 0) is 25.0 Å². The maximum atomic E-state index is 6.05. The van der Waals surface area contributed by atoms with Crippen molar-refractivity contribution in [3.63, 3.8) is 0 Å². The number of allylic oxidation sites excluding steroid dienone is 6. The van der Waals surface area contributed by atoms with Crippen molar-refractivity contribution in [1.82, 2.24) is 0 Å². The van der Waals surface area contributed by atoms with Crippen molar-refractivity contribution in [3.8, 4) is 0 Å². The first kappa shape index (κ1) is 16.4. The lowest BCUT2D eigenvalue weighted by atomic mass is 9.99. The zero-order chi connectivity index (χ0) is 17.2. The monoisotopic (exact) mass is 340 g/mol. The quantitative estimate of drug-likeness (QED) is 0.670. The number of fused-ring (bicyclic) bond motifs is 2. The molecule has 0 saturated carbocycles. The minimum atomic E-state index is -0.320. The van der Waals surface area contributed by atoms with E-state index in [0.29, 0.717) is 6.42 Å². The zero-order valence-electron chi connectivity index (χ0n) is 14.4. The molecule has 0 radical (unpaired) electrons. The van der Waals surface area contributed by atoms with Crippen molar-refractivity contribution in [1.29, 1.82) is 0 Å². The van der Waals surface area contributed by atoms with Crippen LogP contribution in [0.25, 0.3) is 0 Å². The summed E-state index contributed by atoms with van der Waals surface area (Å²) in [7, 11) is 0. The van der Waals surface area contributed by atoms with Crippen LogP contribution in [0.1, 0.15) is 32.1 Å². The minimum absolute atomic E-state index is 0.00806. The summed E-state index contributed by atoms with van der Waals surface area (Å²) in [6.45, 7) is 7.59. The molecule has 4 atom stereocenters. The summed E-state index contributed by atoms with van der Waals surface area (Å²) in [5.41, 5.74) is 2.64. The van der Waals surface area contributed by atoms with Crippen molar-refractivity contribution >= 4 is 0 Å². The fraction of sp³-hybridized carbons (Fsp3) is 0.429. The topological polar surface area (TPSA) is 36.9 Å². The fourth-order valence-electron chi connectivity index (χ4n) is 3.65. The summed E-state index contributed by atoms with van der Waals surface area (Å²) < 4.78 is 24.0. The summed E-state index contributed by atoms with van der Waals surface area (Å²) in [5.74, 6) is 1.81. The van der Waals surface area contributed by atoms with Gasteiger partial charge in [-0.1, -0.05) is 35.5 Å². The van der Waals surface area contributed by atoms with E-state index in [1.54, 1.807) is 0 Å². The summed E-state index contributed by atoms with van der Waals surface area (Å²) in [4.78, 5) is 0. The molecule has 2 fully saturated rings. The molecule has 0 bridgehead atoms. The normalized spacial score (nSPS) is 33.0. The Kier molecular flexibility index (Phi) is 4.64. The first-order valence-corrected chi connectivity index (χ1v) is 8.90. The van der Waals surface area contributed by atoms with E-state index in [4.69, 9.17) is 18.9 Å². The molecule has 0 N–H and O–H groups in total. The molecule has 0 spiro atoms. The van der Waals surface area contributed by atoms with Crippen molar-refractivity contribution in [3.05, 3.63) is 72.3 Å². The molecule has 2 aliphatic heterocycles. The number of hydrogen-bond donors (Lipinski definition) is 0. The SMILES string of the molecule is C=CCC1=CC=C2OC(CC3OC4=CC=C(CC=C)CC4O3)OC2C1. The predicted molar refractivity (Wildman–Crippen MR) is 95.3 cm³/mol. The molecule has 0 aromatic rings. The van der Waals surface area contributed by atoms with Crippen LogP contribution in [-0.2, 0) is 18.9 Å². The third-order valence-electron chi connectivity index (χ3n) is 4.86. The molecular formula is C21H24O4. The van der Waals surface area contributed by atoms with Crippen LogP contribution in [0.3, 0.4) is 0 Å². The Balaban J connectivity index is 1.30. The fourth-order valence-corrected chi connectivity index (χ4v) is 3.65. The van der Waals surface area contributed by atoms with E-state index in [0.717, 1.165) is 37.2 Å². The van der Waals surface area contributed by atoms with Crippen molar-refractivity contribution < 1.29 is 18.9 Å². The molecule has 2 heterocycles. The van der Waals surface area contributed by atoms with Gasteiger partial charge in [-0.3, -0.25) is 0 Å². The van der Waals surface area contributed by atoms with Gasteiger partial charge in [-0.25, -0.2) is 0 Å². The van der Waals surface area contributed by atoms with Gasteiger partial charge in [0.1, 0.15) is 23.7 Å². The van der Waals surface area contributed by atoms with Crippen LogP contribution in [0.15, 0.2) is 72.3 Å².